The maximum absolute atomic E-state index is 12.3. The quantitative estimate of drug-likeness (QED) is 0.274. The van der Waals surface area contributed by atoms with E-state index >= 15 is 0 Å². The van der Waals surface area contributed by atoms with E-state index in [0.717, 1.165) is 17.0 Å². The molecule has 0 fully saturated rings. The fraction of sp³-hybridized carbons (Fsp3) is 0.200. The minimum atomic E-state index is -0.128. The number of carbonyl (C=O) groups excluding carboxylic acids is 1. The van der Waals surface area contributed by atoms with Gasteiger partial charge in [0.15, 0.2) is 11.0 Å². The van der Waals surface area contributed by atoms with Crippen LogP contribution < -0.4 is 5.32 Å². The molecule has 28 heavy (non-hydrogen) atoms. The molecule has 3 rings (SSSR count). The molecule has 0 bridgehead atoms. The number of nitrogens with zero attached hydrogens (tertiary/aromatic N) is 4. The fourth-order valence-electron chi connectivity index (χ4n) is 2.66. The zero-order valence-corrected chi connectivity index (χ0v) is 16.5. The van der Waals surface area contributed by atoms with Crippen LogP contribution in [0.15, 0.2) is 64.9 Å². The monoisotopic (exact) mass is 395 g/mol. The van der Waals surface area contributed by atoms with E-state index in [1.54, 1.807) is 31.2 Å². The molecule has 8 heteroatoms. The summed E-state index contributed by atoms with van der Waals surface area (Å²) in [6.45, 7) is 4.45. The Balaban J connectivity index is 1.63. The number of hydrogen-bond acceptors (Lipinski definition) is 6. The van der Waals surface area contributed by atoms with Crippen molar-refractivity contribution >= 4 is 29.1 Å². The topological polar surface area (TPSA) is 92.4 Å². The number of benzene rings is 2. The van der Waals surface area contributed by atoms with Crippen LogP contribution in [-0.4, -0.2) is 37.3 Å². The van der Waals surface area contributed by atoms with Gasteiger partial charge in [-0.1, -0.05) is 59.4 Å². The number of rotatable bonds is 7. The largest absolute Gasteiger partial charge is 0.411 e. The highest BCUT2D eigenvalue weighted by atomic mass is 32.2. The van der Waals surface area contributed by atoms with E-state index in [1.807, 2.05) is 41.8 Å². The number of hydrogen-bond donors (Lipinski definition) is 2. The molecule has 1 heterocycles. The molecule has 0 spiro atoms. The van der Waals surface area contributed by atoms with Gasteiger partial charge in [0.05, 0.1) is 11.5 Å². The third-order valence-electron chi connectivity index (χ3n) is 4.13. The Morgan fingerprint density at radius 2 is 1.86 bits per heavy atom. The predicted octanol–water partition coefficient (Wildman–Crippen LogP) is 3.89. The molecule has 7 nitrogen and oxygen atoms in total. The van der Waals surface area contributed by atoms with Crippen LogP contribution in [0.3, 0.4) is 0 Å². The van der Waals surface area contributed by atoms with Crippen LogP contribution in [0, 0.1) is 0 Å². The van der Waals surface area contributed by atoms with E-state index in [-0.39, 0.29) is 11.7 Å². The van der Waals surface area contributed by atoms with Crippen LogP contribution in [-0.2, 0) is 11.3 Å². The van der Waals surface area contributed by atoms with Gasteiger partial charge in [-0.05, 0) is 31.5 Å². The second-order valence-electron chi connectivity index (χ2n) is 6.02. The van der Waals surface area contributed by atoms with Crippen molar-refractivity contribution in [2.75, 3.05) is 11.1 Å². The minimum absolute atomic E-state index is 0.128. The summed E-state index contributed by atoms with van der Waals surface area (Å²) in [4.78, 5) is 12.3. The summed E-state index contributed by atoms with van der Waals surface area (Å²) in [5.41, 5.74) is 2.98. The SMILES string of the molecule is CCn1c(SCC(=O)Nc2ccc(/C(C)=N/O)cc2)nnc1-c1ccccc1. The molecule has 0 aliphatic carbocycles. The van der Waals surface area contributed by atoms with Crippen molar-refractivity contribution in [2.45, 2.75) is 25.5 Å². The maximum Gasteiger partial charge on any atom is 0.234 e. The third kappa shape index (κ3) is 4.58. The molecule has 2 aromatic carbocycles. The highest BCUT2D eigenvalue weighted by molar-refractivity contribution is 7.99. The Labute approximate surface area is 167 Å². The third-order valence-corrected chi connectivity index (χ3v) is 5.10. The Morgan fingerprint density at radius 1 is 1.14 bits per heavy atom. The molecule has 0 saturated carbocycles. The summed E-state index contributed by atoms with van der Waals surface area (Å²) in [6, 6.07) is 17.0. The number of oxime groups is 1. The van der Waals surface area contributed by atoms with E-state index in [0.29, 0.717) is 23.1 Å². The van der Waals surface area contributed by atoms with E-state index in [4.69, 9.17) is 5.21 Å². The first-order valence-corrected chi connectivity index (χ1v) is 9.81. The Bertz CT molecular complexity index is 968. The lowest BCUT2D eigenvalue weighted by Crippen LogP contribution is -2.14. The second-order valence-corrected chi connectivity index (χ2v) is 6.96. The Hall–Kier alpha value is -3.13. The zero-order valence-electron chi connectivity index (χ0n) is 15.7. The van der Waals surface area contributed by atoms with Gasteiger partial charge in [-0.2, -0.15) is 0 Å². The molecule has 0 atom stereocenters. The first kappa shape index (κ1) is 19.6. The van der Waals surface area contributed by atoms with Crippen molar-refractivity contribution in [1.82, 2.24) is 14.8 Å². The summed E-state index contributed by atoms with van der Waals surface area (Å²) in [7, 11) is 0. The van der Waals surface area contributed by atoms with E-state index in [1.165, 1.54) is 11.8 Å². The number of nitrogens with one attached hydrogen (secondary N) is 1. The molecular formula is C20H21N5O2S. The first-order chi connectivity index (χ1) is 13.6. The molecule has 3 aromatic rings. The molecule has 0 saturated heterocycles. The fourth-order valence-corrected chi connectivity index (χ4v) is 3.46. The van der Waals surface area contributed by atoms with Crippen LogP contribution in [0.5, 0.6) is 0 Å². The van der Waals surface area contributed by atoms with Crippen LogP contribution in [0.1, 0.15) is 19.4 Å². The summed E-state index contributed by atoms with van der Waals surface area (Å²) in [5, 5.41) is 24.1. The van der Waals surface area contributed by atoms with Gasteiger partial charge >= 0.3 is 0 Å². The molecule has 0 unspecified atom stereocenters. The van der Waals surface area contributed by atoms with Gasteiger partial charge < -0.3 is 15.1 Å². The van der Waals surface area contributed by atoms with Gasteiger partial charge in [0.1, 0.15) is 0 Å². The standard InChI is InChI=1S/C20H21N5O2S/c1-3-25-19(16-7-5-4-6-8-16)22-23-20(25)28-13-18(26)21-17-11-9-15(10-12-17)14(2)24-27/h4-12,27H,3,13H2,1-2H3,(H,21,26)/b24-14+. The van der Waals surface area contributed by atoms with Gasteiger partial charge in [0, 0.05) is 17.8 Å². The molecule has 0 aliphatic heterocycles. The van der Waals surface area contributed by atoms with Crippen molar-refractivity contribution in [3.8, 4) is 11.4 Å². The predicted molar refractivity (Wildman–Crippen MR) is 111 cm³/mol. The lowest BCUT2D eigenvalue weighted by atomic mass is 10.1. The van der Waals surface area contributed by atoms with Crippen LogP contribution >= 0.6 is 11.8 Å². The van der Waals surface area contributed by atoms with Crippen molar-refractivity contribution in [1.29, 1.82) is 0 Å². The molecule has 2 N–H and O–H groups in total. The zero-order chi connectivity index (χ0) is 19.9. The van der Waals surface area contributed by atoms with Gasteiger partial charge in [-0.15, -0.1) is 10.2 Å². The highest BCUT2D eigenvalue weighted by Gasteiger charge is 2.14. The normalized spacial score (nSPS) is 11.4. The molecule has 0 aliphatic rings. The average Bonchev–Trinajstić information content (AvgIpc) is 3.16. The van der Waals surface area contributed by atoms with E-state index < -0.39 is 0 Å². The summed E-state index contributed by atoms with van der Waals surface area (Å²) in [5.74, 6) is 0.894. The molecule has 144 valence electrons. The van der Waals surface area contributed by atoms with Gasteiger partial charge in [0.25, 0.3) is 0 Å². The van der Waals surface area contributed by atoms with E-state index in [2.05, 4.69) is 20.7 Å². The second kappa shape index (κ2) is 9.18. The minimum Gasteiger partial charge on any atom is -0.411 e. The Kier molecular flexibility index (Phi) is 6.44. The highest BCUT2D eigenvalue weighted by Crippen LogP contribution is 2.24. The van der Waals surface area contributed by atoms with Gasteiger partial charge in [-0.25, -0.2) is 0 Å². The number of carbonyl (C=O) groups is 1. The number of thioether (sulfide) groups is 1. The summed E-state index contributed by atoms with van der Waals surface area (Å²) < 4.78 is 2.00. The van der Waals surface area contributed by atoms with Crippen LogP contribution in [0.25, 0.3) is 11.4 Å². The maximum atomic E-state index is 12.3. The summed E-state index contributed by atoms with van der Waals surface area (Å²) in [6.07, 6.45) is 0. The van der Waals surface area contributed by atoms with Crippen molar-refractivity contribution in [2.24, 2.45) is 5.16 Å². The first-order valence-electron chi connectivity index (χ1n) is 8.82. The lowest BCUT2D eigenvalue weighted by Gasteiger charge is -2.08. The van der Waals surface area contributed by atoms with Crippen LogP contribution in [0.4, 0.5) is 5.69 Å². The van der Waals surface area contributed by atoms with Crippen molar-refractivity contribution in [3.63, 3.8) is 0 Å². The number of aromatic nitrogens is 3. The smallest absolute Gasteiger partial charge is 0.234 e. The molecule has 1 amide bonds. The van der Waals surface area contributed by atoms with Gasteiger partial charge in [-0.3, -0.25) is 4.79 Å². The molecular weight excluding hydrogens is 374 g/mol. The summed E-state index contributed by atoms with van der Waals surface area (Å²) >= 11 is 1.35. The Morgan fingerprint density at radius 3 is 2.50 bits per heavy atom. The average molecular weight is 395 g/mol. The molecule has 1 aromatic heterocycles. The van der Waals surface area contributed by atoms with E-state index in [9.17, 15) is 4.79 Å². The number of amides is 1. The van der Waals surface area contributed by atoms with Crippen LogP contribution in [0.2, 0.25) is 0 Å². The van der Waals surface area contributed by atoms with Crippen molar-refractivity contribution < 1.29 is 10.0 Å². The molecule has 0 radical (unpaired) electrons. The lowest BCUT2D eigenvalue weighted by molar-refractivity contribution is -0.113. The number of anilines is 1. The van der Waals surface area contributed by atoms with Gasteiger partial charge in [0.2, 0.25) is 5.91 Å². The van der Waals surface area contributed by atoms with Crippen molar-refractivity contribution in [3.05, 3.63) is 60.2 Å².